The Bertz CT molecular complexity index is 460. The summed E-state index contributed by atoms with van der Waals surface area (Å²) in [6, 6.07) is 5.65. The van der Waals surface area contributed by atoms with Crippen LogP contribution in [0, 0.1) is 16.0 Å². The normalized spacial score (nSPS) is 12.0. The van der Waals surface area contributed by atoms with Gasteiger partial charge < -0.3 is 10.6 Å². The molecule has 0 saturated heterocycles. The van der Waals surface area contributed by atoms with E-state index in [1.807, 2.05) is 13.8 Å². The minimum Gasteiger partial charge on any atom is -0.374 e. The lowest BCUT2D eigenvalue weighted by Crippen LogP contribution is -2.39. The highest BCUT2D eigenvalue weighted by Crippen LogP contribution is 2.17. The molecule has 1 amide bonds. The third-order valence-electron chi connectivity index (χ3n) is 2.52. The summed E-state index contributed by atoms with van der Waals surface area (Å²) in [4.78, 5) is 21.9. The van der Waals surface area contributed by atoms with Gasteiger partial charge in [-0.25, -0.2) is 0 Å². The molecule has 0 bridgehead atoms. The van der Waals surface area contributed by atoms with Gasteiger partial charge in [0.1, 0.15) is 6.04 Å². The van der Waals surface area contributed by atoms with E-state index in [4.69, 9.17) is 0 Å². The quantitative estimate of drug-likeness (QED) is 0.610. The molecule has 0 unspecified atom stereocenters. The topological polar surface area (TPSA) is 84.3 Å². The Hall–Kier alpha value is -2.11. The summed E-state index contributed by atoms with van der Waals surface area (Å²) in [5.41, 5.74) is 0.557. The van der Waals surface area contributed by atoms with Crippen LogP contribution in [0.5, 0.6) is 0 Å². The monoisotopic (exact) mass is 265 g/mol. The molecule has 1 atom stereocenters. The Labute approximate surface area is 112 Å². The molecule has 0 aliphatic heterocycles. The predicted octanol–water partition coefficient (Wildman–Crippen LogP) is 2.17. The van der Waals surface area contributed by atoms with E-state index in [0.717, 1.165) is 0 Å². The van der Waals surface area contributed by atoms with Crippen molar-refractivity contribution < 1.29 is 9.72 Å². The minimum atomic E-state index is -0.464. The number of nitro benzene ring substituents is 1. The number of rotatable bonds is 6. The van der Waals surface area contributed by atoms with Gasteiger partial charge in [0.2, 0.25) is 5.91 Å². The summed E-state index contributed by atoms with van der Waals surface area (Å²) in [5, 5.41) is 16.4. The van der Waals surface area contributed by atoms with E-state index in [0.29, 0.717) is 18.2 Å². The average molecular weight is 265 g/mol. The molecular weight excluding hydrogens is 246 g/mol. The molecule has 6 nitrogen and oxygen atoms in total. The van der Waals surface area contributed by atoms with Crippen LogP contribution >= 0.6 is 0 Å². The zero-order valence-electron chi connectivity index (χ0n) is 11.3. The van der Waals surface area contributed by atoms with E-state index in [9.17, 15) is 14.9 Å². The van der Waals surface area contributed by atoms with Gasteiger partial charge >= 0.3 is 0 Å². The van der Waals surface area contributed by atoms with Crippen LogP contribution in [0.1, 0.15) is 20.8 Å². The van der Waals surface area contributed by atoms with Crippen molar-refractivity contribution in [2.45, 2.75) is 26.8 Å². The van der Waals surface area contributed by atoms with E-state index < -0.39 is 11.0 Å². The molecule has 1 aromatic carbocycles. The van der Waals surface area contributed by atoms with Gasteiger partial charge in [0.25, 0.3) is 5.69 Å². The highest BCUT2D eigenvalue weighted by Gasteiger charge is 2.14. The summed E-state index contributed by atoms with van der Waals surface area (Å²) in [6.07, 6.45) is 0. The van der Waals surface area contributed by atoms with Crippen LogP contribution in [0.25, 0.3) is 0 Å². The zero-order chi connectivity index (χ0) is 14.4. The molecule has 104 valence electrons. The van der Waals surface area contributed by atoms with Crippen molar-refractivity contribution >= 4 is 17.3 Å². The lowest BCUT2D eigenvalue weighted by atomic mass is 10.2. The number of nitro groups is 1. The van der Waals surface area contributed by atoms with Crippen molar-refractivity contribution in [2.75, 3.05) is 11.9 Å². The second-order valence-electron chi connectivity index (χ2n) is 4.81. The van der Waals surface area contributed by atoms with Crippen molar-refractivity contribution in [1.29, 1.82) is 0 Å². The van der Waals surface area contributed by atoms with E-state index in [1.165, 1.54) is 12.1 Å². The van der Waals surface area contributed by atoms with Gasteiger partial charge in [0, 0.05) is 24.4 Å². The first-order valence-electron chi connectivity index (χ1n) is 6.19. The lowest BCUT2D eigenvalue weighted by molar-refractivity contribution is -0.384. The van der Waals surface area contributed by atoms with Crippen LogP contribution in [0.15, 0.2) is 24.3 Å². The van der Waals surface area contributed by atoms with Crippen molar-refractivity contribution in [3.05, 3.63) is 34.4 Å². The van der Waals surface area contributed by atoms with Crippen LogP contribution in [-0.2, 0) is 4.79 Å². The van der Waals surface area contributed by atoms with Crippen molar-refractivity contribution in [3.63, 3.8) is 0 Å². The van der Waals surface area contributed by atoms with E-state index in [-0.39, 0.29) is 11.6 Å². The number of amides is 1. The molecule has 0 aromatic heterocycles. The fraction of sp³-hybridized carbons (Fsp3) is 0.462. The van der Waals surface area contributed by atoms with Gasteiger partial charge in [-0.2, -0.15) is 0 Å². The molecule has 2 N–H and O–H groups in total. The fourth-order valence-corrected chi connectivity index (χ4v) is 1.48. The third-order valence-corrected chi connectivity index (χ3v) is 2.52. The van der Waals surface area contributed by atoms with Gasteiger partial charge in [0.15, 0.2) is 0 Å². The number of nitrogens with one attached hydrogen (secondary N) is 2. The van der Waals surface area contributed by atoms with Crippen molar-refractivity contribution in [1.82, 2.24) is 5.32 Å². The molecule has 19 heavy (non-hydrogen) atoms. The van der Waals surface area contributed by atoms with E-state index >= 15 is 0 Å². The van der Waals surface area contributed by atoms with Crippen LogP contribution in [0.3, 0.4) is 0 Å². The SMILES string of the molecule is CC(C)CNC(=O)[C@H](C)Nc1cccc([N+](=O)[O-])c1. The molecule has 0 aliphatic carbocycles. The number of hydrogen-bond donors (Lipinski definition) is 2. The van der Waals surface area contributed by atoms with Gasteiger partial charge in [-0.1, -0.05) is 19.9 Å². The highest BCUT2D eigenvalue weighted by atomic mass is 16.6. The summed E-state index contributed by atoms with van der Waals surface area (Å²) < 4.78 is 0. The second-order valence-corrected chi connectivity index (χ2v) is 4.81. The summed E-state index contributed by atoms with van der Waals surface area (Å²) in [6.45, 7) is 6.35. The number of anilines is 1. The molecule has 1 rings (SSSR count). The Morgan fingerprint density at radius 2 is 2.05 bits per heavy atom. The van der Waals surface area contributed by atoms with E-state index in [2.05, 4.69) is 10.6 Å². The first-order chi connectivity index (χ1) is 8.90. The fourth-order valence-electron chi connectivity index (χ4n) is 1.48. The number of carbonyl (C=O) groups is 1. The highest BCUT2D eigenvalue weighted by molar-refractivity contribution is 5.84. The maximum atomic E-state index is 11.8. The summed E-state index contributed by atoms with van der Waals surface area (Å²) in [5.74, 6) is 0.258. The largest absolute Gasteiger partial charge is 0.374 e. The third kappa shape index (κ3) is 4.95. The first kappa shape index (κ1) is 14.9. The van der Waals surface area contributed by atoms with Crippen LogP contribution in [-0.4, -0.2) is 23.4 Å². The first-order valence-corrected chi connectivity index (χ1v) is 6.19. The Balaban J connectivity index is 2.61. The average Bonchev–Trinajstić information content (AvgIpc) is 2.36. The van der Waals surface area contributed by atoms with Gasteiger partial charge in [-0.15, -0.1) is 0 Å². The smallest absolute Gasteiger partial charge is 0.271 e. The lowest BCUT2D eigenvalue weighted by Gasteiger charge is -2.16. The molecule has 1 aromatic rings. The molecule has 0 aliphatic rings. The number of non-ortho nitro benzene ring substituents is 1. The van der Waals surface area contributed by atoms with Gasteiger partial charge in [0.05, 0.1) is 4.92 Å². The van der Waals surface area contributed by atoms with Crippen LogP contribution in [0.4, 0.5) is 11.4 Å². The Morgan fingerprint density at radius 3 is 2.63 bits per heavy atom. The molecule has 0 radical (unpaired) electrons. The number of benzene rings is 1. The molecule has 0 heterocycles. The van der Waals surface area contributed by atoms with Gasteiger partial charge in [-0.3, -0.25) is 14.9 Å². The second kappa shape index (κ2) is 6.72. The molecule has 0 spiro atoms. The Morgan fingerprint density at radius 1 is 1.37 bits per heavy atom. The number of carbonyl (C=O) groups excluding carboxylic acids is 1. The van der Waals surface area contributed by atoms with E-state index in [1.54, 1.807) is 19.1 Å². The van der Waals surface area contributed by atoms with Crippen molar-refractivity contribution in [2.24, 2.45) is 5.92 Å². The van der Waals surface area contributed by atoms with Crippen LogP contribution in [0.2, 0.25) is 0 Å². The van der Waals surface area contributed by atoms with Crippen molar-refractivity contribution in [3.8, 4) is 0 Å². The van der Waals surface area contributed by atoms with Crippen LogP contribution < -0.4 is 10.6 Å². The summed E-state index contributed by atoms with van der Waals surface area (Å²) >= 11 is 0. The zero-order valence-corrected chi connectivity index (χ0v) is 11.3. The predicted molar refractivity (Wildman–Crippen MR) is 74.0 cm³/mol. The molecule has 0 fully saturated rings. The standard InChI is InChI=1S/C13H19N3O3/c1-9(2)8-14-13(17)10(3)15-11-5-4-6-12(7-11)16(18)19/h4-7,9-10,15H,8H2,1-3H3,(H,14,17)/t10-/m0/s1. The molecule has 0 saturated carbocycles. The molecule has 6 heteroatoms. The number of nitrogens with zero attached hydrogens (tertiary/aromatic N) is 1. The minimum absolute atomic E-state index is 0.000196. The maximum absolute atomic E-state index is 11.8. The Kier molecular flexibility index (Phi) is 5.29. The number of hydrogen-bond acceptors (Lipinski definition) is 4. The maximum Gasteiger partial charge on any atom is 0.271 e. The summed E-state index contributed by atoms with van der Waals surface area (Å²) in [7, 11) is 0. The van der Waals surface area contributed by atoms with Gasteiger partial charge in [-0.05, 0) is 18.9 Å². The molecular formula is C13H19N3O3.